The van der Waals surface area contributed by atoms with Gasteiger partial charge in [0.05, 0.1) is 5.69 Å². The van der Waals surface area contributed by atoms with E-state index in [0.29, 0.717) is 11.6 Å². The van der Waals surface area contributed by atoms with Crippen LogP contribution in [-0.4, -0.2) is 39.0 Å². The number of carbonyl (C=O) groups is 1. The molecule has 1 aliphatic heterocycles. The second kappa shape index (κ2) is 9.11. The minimum Gasteiger partial charge on any atom is -0.297 e. The molecule has 0 bridgehead atoms. The number of aromatic nitrogens is 3. The third-order valence-corrected chi connectivity index (χ3v) is 5.74. The Hall–Kier alpha value is -2.84. The maximum absolute atomic E-state index is 12.4. The van der Waals surface area contributed by atoms with Gasteiger partial charge in [-0.15, -0.1) is 11.3 Å². The topological polar surface area (TPSA) is 83.0 Å². The molecule has 0 aliphatic carbocycles. The van der Waals surface area contributed by atoms with Gasteiger partial charge in [0.1, 0.15) is 16.6 Å². The van der Waals surface area contributed by atoms with Crippen LogP contribution in [0.3, 0.4) is 0 Å². The Balaban J connectivity index is 1.34. The van der Waals surface area contributed by atoms with Crippen molar-refractivity contribution in [2.24, 2.45) is 5.92 Å². The number of likely N-dealkylation sites (tertiary alicyclic amines) is 1. The maximum Gasteiger partial charge on any atom is 0.326 e. The number of thiazole rings is 1. The zero-order valence-electron chi connectivity index (χ0n) is 16.3. The van der Waals surface area contributed by atoms with Crippen molar-refractivity contribution in [2.75, 3.05) is 23.7 Å². The molecule has 3 aromatic rings. The summed E-state index contributed by atoms with van der Waals surface area (Å²) in [5, 5.41) is 8.22. The number of carbonyl (C=O) groups excluding carboxylic acids is 1. The molecule has 4 rings (SSSR count). The van der Waals surface area contributed by atoms with Crippen LogP contribution in [0, 0.1) is 5.92 Å². The van der Waals surface area contributed by atoms with E-state index in [2.05, 4.69) is 37.4 Å². The second-order valence-electron chi connectivity index (χ2n) is 7.35. The minimum absolute atomic E-state index is 0.354. The van der Waals surface area contributed by atoms with Gasteiger partial charge in [-0.05, 0) is 49.6 Å². The smallest absolute Gasteiger partial charge is 0.297 e. The molecule has 0 radical (unpaired) electrons. The van der Waals surface area contributed by atoms with Crippen molar-refractivity contribution in [1.29, 1.82) is 0 Å². The van der Waals surface area contributed by atoms with Gasteiger partial charge < -0.3 is 0 Å². The maximum atomic E-state index is 12.4. The van der Waals surface area contributed by atoms with Gasteiger partial charge in [-0.1, -0.05) is 13.0 Å². The van der Waals surface area contributed by atoms with Crippen LogP contribution in [0.4, 0.5) is 16.4 Å². The van der Waals surface area contributed by atoms with E-state index in [1.165, 1.54) is 24.2 Å². The third-order valence-electron chi connectivity index (χ3n) is 4.85. The van der Waals surface area contributed by atoms with Crippen molar-refractivity contribution >= 4 is 29.0 Å². The summed E-state index contributed by atoms with van der Waals surface area (Å²) in [7, 11) is 0. The van der Waals surface area contributed by atoms with Crippen LogP contribution in [0.1, 0.15) is 25.5 Å². The first-order valence-corrected chi connectivity index (χ1v) is 10.7. The summed E-state index contributed by atoms with van der Waals surface area (Å²) < 4.78 is 0. The Morgan fingerprint density at radius 1 is 1.17 bits per heavy atom. The molecule has 1 fully saturated rings. The Morgan fingerprint density at radius 2 is 2.00 bits per heavy atom. The summed E-state index contributed by atoms with van der Waals surface area (Å²) in [5.41, 5.74) is 1.94. The van der Waals surface area contributed by atoms with Gasteiger partial charge in [0.25, 0.3) is 0 Å². The number of pyridine rings is 2. The number of hydrogen-bond donors (Lipinski definition) is 2. The molecule has 4 heterocycles. The quantitative estimate of drug-likeness (QED) is 0.650. The molecule has 150 valence electrons. The van der Waals surface area contributed by atoms with E-state index in [0.717, 1.165) is 41.8 Å². The molecule has 7 nitrogen and oxygen atoms in total. The van der Waals surface area contributed by atoms with Crippen LogP contribution in [0.25, 0.3) is 10.6 Å². The summed E-state index contributed by atoms with van der Waals surface area (Å²) in [5.74, 6) is 1.78. The van der Waals surface area contributed by atoms with E-state index >= 15 is 0 Å². The van der Waals surface area contributed by atoms with Gasteiger partial charge in [-0.3, -0.25) is 20.5 Å². The van der Waals surface area contributed by atoms with Crippen molar-refractivity contribution in [3.63, 3.8) is 0 Å². The number of urea groups is 1. The van der Waals surface area contributed by atoms with Crippen molar-refractivity contribution in [1.82, 2.24) is 19.9 Å². The predicted molar refractivity (Wildman–Crippen MR) is 116 cm³/mol. The molecular formula is C21H24N6OS. The molecule has 0 aromatic carbocycles. The van der Waals surface area contributed by atoms with Gasteiger partial charge in [0, 0.05) is 36.4 Å². The fraction of sp³-hybridized carbons (Fsp3) is 0.333. The van der Waals surface area contributed by atoms with Crippen LogP contribution >= 0.6 is 11.3 Å². The van der Waals surface area contributed by atoms with E-state index in [4.69, 9.17) is 0 Å². The molecule has 1 unspecified atom stereocenters. The first-order valence-electron chi connectivity index (χ1n) is 9.78. The van der Waals surface area contributed by atoms with Gasteiger partial charge in [-0.2, -0.15) is 0 Å². The lowest BCUT2D eigenvalue weighted by Gasteiger charge is -2.30. The highest BCUT2D eigenvalue weighted by atomic mass is 32.1. The van der Waals surface area contributed by atoms with Crippen molar-refractivity contribution in [2.45, 2.75) is 26.3 Å². The van der Waals surface area contributed by atoms with Crippen molar-refractivity contribution < 1.29 is 4.79 Å². The molecule has 2 N–H and O–H groups in total. The second-order valence-corrected chi connectivity index (χ2v) is 8.21. The Morgan fingerprint density at radius 3 is 2.83 bits per heavy atom. The molecule has 2 amide bonds. The first kappa shape index (κ1) is 19.5. The Labute approximate surface area is 174 Å². The summed E-state index contributed by atoms with van der Waals surface area (Å²) in [6.45, 7) is 5.31. The predicted octanol–water partition coefficient (Wildman–Crippen LogP) is 4.48. The molecule has 1 atom stereocenters. The average molecular weight is 409 g/mol. The number of rotatable bonds is 5. The third kappa shape index (κ3) is 5.36. The monoisotopic (exact) mass is 408 g/mol. The van der Waals surface area contributed by atoms with Crippen LogP contribution < -0.4 is 10.6 Å². The molecule has 1 saturated heterocycles. The highest BCUT2D eigenvalue weighted by Gasteiger charge is 2.17. The minimum atomic E-state index is -0.354. The number of piperidine rings is 1. The van der Waals surface area contributed by atoms with E-state index in [1.807, 2.05) is 29.6 Å². The average Bonchev–Trinajstić information content (AvgIpc) is 3.17. The highest BCUT2D eigenvalue weighted by molar-refractivity contribution is 7.13. The summed E-state index contributed by atoms with van der Waals surface area (Å²) in [6, 6.07) is 9.15. The van der Waals surface area contributed by atoms with E-state index in [1.54, 1.807) is 18.5 Å². The number of anilines is 2. The van der Waals surface area contributed by atoms with Crippen LogP contribution in [0.15, 0.2) is 48.1 Å². The Kier molecular flexibility index (Phi) is 6.12. The van der Waals surface area contributed by atoms with E-state index < -0.39 is 0 Å². The van der Waals surface area contributed by atoms with Crippen LogP contribution in [-0.2, 0) is 6.54 Å². The summed E-state index contributed by atoms with van der Waals surface area (Å²) in [4.78, 5) is 27.8. The number of amides is 2. The highest BCUT2D eigenvalue weighted by Crippen LogP contribution is 2.25. The Bertz CT molecular complexity index is 961. The zero-order chi connectivity index (χ0) is 20.1. The fourth-order valence-electron chi connectivity index (χ4n) is 3.52. The lowest BCUT2D eigenvalue weighted by atomic mass is 10.0. The molecule has 8 heteroatoms. The molecular weight excluding hydrogens is 384 g/mol. The number of nitrogens with one attached hydrogen (secondary N) is 2. The van der Waals surface area contributed by atoms with Gasteiger partial charge in [0.15, 0.2) is 0 Å². The van der Waals surface area contributed by atoms with Crippen LogP contribution in [0.5, 0.6) is 0 Å². The number of nitrogens with zero attached hydrogens (tertiary/aromatic N) is 4. The zero-order valence-corrected chi connectivity index (χ0v) is 17.2. The van der Waals surface area contributed by atoms with Crippen molar-refractivity contribution in [3.8, 4) is 10.6 Å². The summed E-state index contributed by atoms with van der Waals surface area (Å²) in [6.07, 6.45) is 5.97. The molecule has 3 aromatic heterocycles. The molecule has 0 spiro atoms. The van der Waals surface area contributed by atoms with E-state index in [-0.39, 0.29) is 6.03 Å². The lowest BCUT2D eigenvalue weighted by Crippen LogP contribution is -2.34. The van der Waals surface area contributed by atoms with Crippen molar-refractivity contribution in [3.05, 3.63) is 53.8 Å². The van der Waals surface area contributed by atoms with Gasteiger partial charge >= 0.3 is 6.03 Å². The lowest BCUT2D eigenvalue weighted by molar-refractivity contribution is 0.175. The standard InChI is InChI=1S/C21H24N6OS/c1-15-4-3-11-27(12-15)13-17-5-2-6-18(23-17)25-21(28)26-19-14-29-20(24-19)16-7-9-22-10-8-16/h2,5-10,14-15H,3-4,11-13H2,1H3,(H2,23,25,26,28). The summed E-state index contributed by atoms with van der Waals surface area (Å²) >= 11 is 1.47. The SMILES string of the molecule is CC1CCCN(Cc2cccc(NC(=O)Nc3csc(-c4ccncc4)n3)n2)C1. The first-order chi connectivity index (χ1) is 14.2. The molecule has 29 heavy (non-hydrogen) atoms. The van der Waals surface area contributed by atoms with E-state index in [9.17, 15) is 4.79 Å². The fourth-order valence-corrected chi connectivity index (χ4v) is 4.28. The molecule has 1 aliphatic rings. The van der Waals surface area contributed by atoms with Gasteiger partial charge in [0.2, 0.25) is 0 Å². The van der Waals surface area contributed by atoms with Crippen LogP contribution in [0.2, 0.25) is 0 Å². The molecule has 0 saturated carbocycles. The van der Waals surface area contributed by atoms with Gasteiger partial charge in [-0.25, -0.2) is 14.8 Å². The normalized spacial score (nSPS) is 17.1. The number of hydrogen-bond acceptors (Lipinski definition) is 6. The largest absolute Gasteiger partial charge is 0.326 e.